The van der Waals surface area contributed by atoms with Crippen LogP contribution in [0.4, 0.5) is 0 Å². The highest BCUT2D eigenvalue weighted by molar-refractivity contribution is 9.10. The van der Waals surface area contributed by atoms with Crippen LogP contribution in [-0.4, -0.2) is 27.0 Å². The molecule has 0 fully saturated rings. The minimum absolute atomic E-state index is 0.131. The molecule has 8 heteroatoms. The number of aliphatic carboxylic acids is 1. The Morgan fingerprint density at radius 1 is 1.50 bits per heavy atom. The van der Waals surface area contributed by atoms with Crippen molar-refractivity contribution < 1.29 is 14.3 Å². The van der Waals surface area contributed by atoms with E-state index in [1.165, 1.54) is 0 Å². The number of carboxylic acid groups (broad SMARTS) is 1. The van der Waals surface area contributed by atoms with Crippen LogP contribution in [0.1, 0.15) is 0 Å². The molecule has 1 N–H and O–H groups in total. The van der Waals surface area contributed by atoms with Crippen molar-refractivity contribution in [2.45, 2.75) is 5.22 Å². The number of hydrogen-bond acceptors (Lipinski definition) is 5. The third-order valence-electron chi connectivity index (χ3n) is 1.88. The summed E-state index contributed by atoms with van der Waals surface area (Å²) < 4.78 is 6.16. The van der Waals surface area contributed by atoms with Crippen LogP contribution in [0.3, 0.4) is 0 Å². The highest BCUT2D eigenvalue weighted by Crippen LogP contribution is 2.31. The zero-order valence-electron chi connectivity index (χ0n) is 8.76. The first-order valence-corrected chi connectivity index (χ1v) is 6.85. The molecule has 18 heavy (non-hydrogen) atoms. The first-order valence-electron chi connectivity index (χ1n) is 4.70. The van der Waals surface area contributed by atoms with Gasteiger partial charge in [-0.05, 0) is 18.2 Å². The minimum atomic E-state index is -0.944. The largest absolute Gasteiger partial charge is 0.481 e. The number of carbonyl (C=O) groups is 1. The molecule has 1 aromatic carbocycles. The summed E-state index contributed by atoms with van der Waals surface area (Å²) in [6, 6.07) is 5.25. The fraction of sp³-hybridized carbons (Fsp3) is 0.100. The van der Waals surface area contributed by atoms with Gasteiger partial charge in [0.05, 0.1) is 10.6 Å². The minimum Gasteiger partial charge on any atom is -0.481 e. The normalized spacial score (nSPS) is 10.6. The SMILES string of the molecule is O=C(O)CSc1nnc(-c2cc(Br)ccc2Cl)o1. The Morgan fingerprint density at radius 2 is 2.28 bits per heavy atom. The van der Waals surface area contributed by atoms with Crippen LogP contribution in [0.5, 0.6) is 0 Å². The maximum Gasteiger partial charge on any atom is 0.314 e. The molecule has 5 nitrogen and oxygen atoms in total. The lowest BCUT2D eigenvalue weighted by molar-refractivity contribution is -0.133. The van der Waals surface area contributed by atoms with E-state index in [4.69, 9.17) is 21.1 Å². The van der Waals surface area contributed by atoms with Gasteiger partial charge in [0, 0.05) is 4.47 Å². The van der Waals surface area contributed by atoms with Crippen LogP contribution in [0.15, 0.2) is 32.3 Å². The Bertz CT molecular complexity index is 590. The maximum absolute atomic E-state index is 10.4. The summed E-state index contributed by atoms with van der Waals surface area (Å²) in [5.41, 5.74) is 0.598. The molecule has 0 atom stereocenters. The van der Waals surface area contributed by atoms with Crippen molar-refractivity contribution in [1.82, 2.24) is 10.2 Å². The Labute approximate surface area is 120 Å². The summed E-state index contributed by atoms with van der Waals surface area (Å²) >= 11 is 10.3. The van der Waals surface area contributed by atoms with E-state index in [1.54, 1.807) is 18.2 Å². The van der Waals surface area contributed by atoms with E-state index in [2.05, 4.69) is 26.1 Å². The van der Waals surface area contributed by atoms with Crippen molar-refractivity contribution in [3.8, 4) is 11.5 Å². The Kier molecular flexibility index (Phi) is 4.26. The molecule has 94 valence electrons. The van der Waals surface area contributed by atoms with Gasteiger partial charge in [-0.1, -0.05) is 39.3 Å². The second kappa shape index (κ2) is 5.73. The van der Waals surface area contributed by atoms with Gasteiger partial charge in [-0.2, -0.15) is 0 Å². The molecule has 0 spiro atoms. The molecular weight excluding hydrogens is 344 g/mol. The molecule has 0 bridgehead atoms. The zero-order valence-corrected chi connectivity index (χ0v) is 11.9. The third kappa shape index (κ3) is 3.24. The summed E-state index contributed by atoms with van der Waals surface area (Å²) in [6.07, 6.45) is 0. The molecule has 0 aliphatic rings. The molecule has 0 unspecified atom stereocenters. The number of hydrogen-bond donors (Lipinski definition) is 1. The van der Waals surface area contributed by atoms with Gasteiger partial charge in [0.1, 0.15) is 5.75 Å². The van der Waals surface area contributed by atoms with Crippen LogP contribution < -0.4 is 0 Å². The summed E-state index contributed by atoms with van der Waals surface area (Å²) in [5.74, 6) is -0.817. The Balaban J connectivity index is 2.23. The van der Waals surface area contributed by atoms with Gasteiger partial charge in [-0.25, -0.2) is 0 Å². The van der Waals surface area contributed by atoms with E-state index >= 15 is 0 Å². The molecule has 1 heterocycles. The number of rotatable bonds is 4. The quantitative estimate of drug-likeness (QED) is 0.853. The average molecular weight is 350 g/mol. The topological polar surface area (TPSA) is 76.2 Å². The number of thioether (sulfide) groups is 1. The van der Waals surface area contributed by atoms with E-state index in [-0.39, 0.29) is 16.9 Å². The molecule has 0 saturated heterocycles. The van der Waals surface area contributed by atoms with Crippen LogP contribution in [0.2, 0.25) is 5.02 Å². The highest BCUT2D eigenvalue weighted by Gasteiger charge is 2.13. The monoisotopic (exact) mass is 348 g/mol. The lowest BCUT2D eigenvalue weighted by atomic mass is 10.2. The van der Waals surface area contributed by atoms with Gasteiger partial charge in [-0.15, -0.1) is 10.2 Å². The van der Waals surface area contributed by atoms with Gasteiger partial charge in [0.25, 0.3) is 5.22 Å². The summed E-state index contributed by atoms with van der Waals surface area (Å²) in [5, 5.41) is 16.8. The molecule has 2 rings (SSSR count). The van der Waals surface area contributed by atoms with Crippen molar-refractivity contribution in [1.29, 1.82) is 0 Å². The first-order chi connectivity index (χ1) is 8.56. The van der Waals surface area contributed by atoms with Gasteiger partial charge in [0.2, 0.25) is 5.89 Å². The molecule has 0 radical (unpaired) electrons. The van der Waals surface area contributed by atoms with E-state index in [1.807, 2.05) is 0 Å². The lowest BCUT2D eigenvalue weighted by Gasteiger charge is -1.99. The second-order valence-corrected chi connectivity index (χ2v) is 5.43. The smallest absolute Gasteiger partial charge is 0.314 e. The van der Waals surface area contributed by atoms with Gasteiger partial charge in [0.15, 0.2) is 0 Å². The average Bonchev–Trinajstić information content (AvgIpc) is 2.78. The molecule has 0 amide bonds. The molecule has 0 aliphatic heterocycles. The number of nitrogens with zero attached hydrogens (tertiary/aromatic N) is 2. The zero-order chi connectivity index (χ0) is 13.1. The fourth-order valence-electron chi connectivity index (χ4n) is 1.16. The molecule has 2 aromatic rings. The second-order valence-electron chi connectivity index (χ2n) is 3.18. The summed E-state index contributed by atoms with van der Waals surface area (Å²) in [7, 11) is 0. The highest BCUT2D eigenvalue weighted by atomic mass is 79.9. The molecular formula is C10H6BrClN2O3S. The van der Waals surface area contributed by atoms with Crippen LogP contribution in [-0.2, 0) is 4.79 Å². The van der Waals surface area contributed by atoms with Crippen LogP contribution in [0, 0.1) is 0 Å². The Hall–Kier alpha value is -1.05. The first kappa shape index (κ1) is 13.4. The predicted octanol–water partition coefficient (Wildman–Crippen LogP) is 3.33. The van der Waals surface area contributed by atoms with Crippen LogP contribution in [0.25, 0.3) is 11.5 Å². The molecule has 0 aliphatic carbocycles. The van der Waals surface area contributed by atoms with Crippen molar-refractivity contribution >= 4 is 45.3 Å². The van der Waals surface area contributed by atoms with E-state index in [9.17, 15) is 4.79 Å². The van der Waals surface area contributed by atoms with Crippen molar-refractivity contribution in [2.24, 2.45) is 0 Å². The Morgan fingerprint density at radius 3 is 3.00 bits per heavy atom. The van der Waals surface area contributed by atoms with Gasteiger partial charge < -0.3 is 9.52 Å². The van der Waals surface area contributed by atoms with E-state index in [0.29, 0.717) is 10.6 Å². The predicted molar refractivity (Wildman–Crippen MR) is 70.8 cm³/mol. The van der Waals surface area contributed by atoms with Gasteiger partial charge >= 0.3 is 5.97 Å². The van der Waals surface area contributed by atoms with E-state index < -0.39 is 5.97 Å². The summed E-state index contributed by atoms with van der Waals surface area (Å²) in [4.78, 5) is 10.4. The molecule has 1 aromatic heterocycles. The third-order valence-corrected chi connectivity index (χ3v) is 3.51. The summed E-state index contributed by atoms with van der Waals surface area (Å²) in [6.45, 7) is 0. The van der Waals surface area contributed by atoms with Crippen LogP contribution >= 0.6 is 39.3 Å². The maximum atomic E-state index is 10.4. The number of carboxylic acids is 1. The number of aromatic nitrogens is 2. The lowest BCUT2D eigenvalue weighted by Crippen LogP contribution is -1.97. The number of benzene rings is 1. The standard InChI is InChI=1S/C10H6BrClN2O3S/c11-5-1-2-7(12)6(3-5)9-13-14-10(17-9)18-4-8(15)16/h1-3H,4H2,(H,15,16). The van der Waals surface area contributed by atoms with Crippen molar-refractivity contribution in [3.63, 3.8) is 0 Å². The fourth-order valence-corrected chi connectivity index (χ4v) is 2.20. The van der Waals surface area contributed by atoms with E-state index in [0.717, 1.165) is 16.2 Å². The van der Waals surface area contributed by atoms with Crippen molar-refractivity contribution in [2.75, 3.05) is 5.75 Å². The molecule has 0 saturated carbocycles. The van der Waals surface area contributed by atoms with Crippen molar-refractivity contribution in [3.05, 3.63) is 27.7 Å². The number of halogens is 2. The van der Waals surface area contributed by atoms with Gasteiger partial charge in [-0.3, -0.25) is 4.79 Å².